The minimum atomic E-state index is -0.277. The van der Waals surface area contributed by atoms with Crippen LogP contribution in [0.4, 0.5) is 4.39 Å². The summed E-state index contributed by atoms with van der Waals surface area (Å²) in [5.74, 6) is 1.21. The van der Waals surface area contributed by atoms with Gasteiger partial charge in [-0.3, -0.25) is 0 Å². The van der Waals surface area contributed by atoms with Crippen LogP contribution in [0.5, 0.6) is 5.75 Å². The van der Waals surface area contributed by atoms with Gasteiger partial charge in [-0.15, -0.1) is 10.2 Å². The fourth-order valence-electron chi connectivity index (χ4n) is 1.81. The van der Waals surface area contributed by atoms with E-state index in [-0.39, 0.29) is 5.82 Å². The summed E-state index contributed by atoms with van der Waals surface area (Å²) >= 11 is 1.45. The lowest BCUT2D eigenvalue weighted by Gasteiger charge is -2.02. The number of aromatic nitrogens is 4. The molecular formula is C13H13FN4OS. The van der Waals surface area contributed by atoms with E-state index in [2.05, 4.69) is 22.2 Å². The van der Waals surface area contributed by atoms with Gasteiger partial charge in [-0.25, -0.2) is 4.39 Å². The Balaban J connectivity index is 1.72. The molecule has 0 fully saturated rings. The molecule has 0 unspecified atom stereocenters. The van der Waals surface area contributed by atoms with Crippen LogP contribution in [0.2, 0.25) is 0 Å². The maximum Gasteiger partial charge on any atom is 0.234 e. The molecule has 0 aliphatic rings. The van der Waals surface area contributed by atoms with Gasteiger partial charge in [-0.1, -0.05) is 18.3 Å². The Morgan fingerprint density at radius 3 is 2.80 bits per heavy atom. The summed E-state index contributed by atoms with van der Waals surface area (Å²) in [7, 11) is 0. The Morgan fingerprint density at radius 2 is 2.05 bits per heavy atom. The van der Waals surface area contributed by atoms with E-state index >= 15 is 0 Å². The topological polar surface area (TPSA) is 52.3 Å². The molecule has 0 aliphatic heterocycles. The smallest absolute Gasteiger partial charge is 0.234 e. The molecule has 1 aromatic carbocycles. The van der Waals surface area contributed by atoms with Crippen molar-refractivity contribution in [2.75, 3.05) is 0 Å². The van der Waals surface area contributed by atoms with Gasteiger partial charge in [-0.05, 0) is 30.7 Å². The SMILES string of the molecule is CCCc1nnc2sc(COc3ccc(F)cc3)nn12. The Morgan fingerprint density at radius 1 is 1.25 bits per heavy atom. The number of hydrogen-bond acceptors (Lipinski definition) is 5. The number of fused-ring (bicyclic) bond motifs is 1. The number of nitrogens with zero attached hydrogens (tertiary/aromatic N) is 4. The third-order valence-electron chi connectivity index (χ3n) is 2.75. The van der Waals surface area contributed by atoms with E-state index < -0.39 is 0 Å². The molecule has 0 aliphatic carbocycles. The van der Waals surface area contributed by atoms with Crippen molar-refractivity contribution in [2.24, 2.45) is 0 Å². The molecule has 5 nitrogen and oxygen atoms in total. The summed E-state index contributed by atoms with van der Waals surface area (Å²) in [4.78, 5) is 0.770. The van der Waals surface area contributed by atoms with Crippen LogP contribution in [-0.2, 0) is 13.0 Å². The highest BCUT2D eigenvalue weighted by Crippen LogP contribution is 2.18. The van der Waals surface area contributed by atoms with Crippen LogP contribution < -0.4 is 4.74 Å². The van der Waals surface area contributed by atoms with Crippen LogP contribution in [0.25, 0.3) is 4.96 Å². The van der Waals surface area contributed by atoms with Gasteiger partial charge in [0.05, 0.1) is 0 Å². The second kappa shape index (κ2) is 5.54. The van der Waals surface area contributed by atoms with Gasteiger partial charge in [0.25, 0.3) is 0 Å². The molecule has 2 aromatic heterocycles. The third-order valence-corrected chi connectivity index (χ3v) is 3.62. The van der Waals surface area contributed by atoms with Crippen molar-refractivity contribution in [3.63, 3.8) is 0 Å². The molecule has 0 N–H and O–H groups in total. The maximum atomic E-state index is 12.8. The molecule has 104 valence electrons. The lowest BCUT2D eigenvalue weighted by Crippen LogP contribution is -1.99. The van der Waals surface area contributed by atoms with E-state index in [1.165, 1.54) is 23.5 Å². The summed E-state index contributed by atoms with van der Waals surface area (Å²) < 4.78 is 20.1. The monoisotopic (exact) mass is 292 g/mol. The van der Waals surface area contributed by atoms with Crippen LogP contribution in [0.15, 0.2) is 24.3 Å². The quantitative estimate of drug-likeness (QED) is 0.725. The summed E-state index contributed by atoms with van der Waals surface area (Å²) in [6, 6.07) is 5.93. The summed E-state index contributed by atoms with van der Waals surface area (Å²) in [5, 5.41) is 13.4. The Hall–Kier alpha value is -2.02. The van der Waals surface area contributed by atoms with Crippen molar-refractivity contribution in [1.82, 2.24) is 19.8 Å². The van der Waals surface area contributed by atoms with Crippen molar-refractivity contribution in [3.05, 3.63) is 40.9 Å². The number of rotatable bonds is 5. The number of hydrogen-bond donors (Lipinski definition) is 0. The standard InChI is InChI=1S/C13H13FN4OS/c1-2-3-11-15-16-13-18(11)17-12(20-13)8-19-10-6-4-9(14)5-7-10/h4-7H,2-3,8H2,1H3. The molecule has 2 heterocycles. The first kappa shape index (κ1) is 13.0. The summed E-state index contributed by atoms with van der Waals surface area (Å²) in [6.45, 7) is 2.43. The second-order valence-electron chi connectivity index (χ2n) is 4.30. The summed E-state index contributed by atoms with van der Waals surface area (Å²) in [5.41, 5.74) is 0. The van der Waals surface area contributed by atoms with Crippen LogP contribution in [0.3, 0.4) is 0 Å². The van der Waals surface area contributed by atoms with Crippen molar-refractivity contribution >= 4 is 16.3 Å². The van der Waals surface area contributed by atoms with Crippen molar-refractivity contribution < 1.29 is 9.13 Å². The fourth-order valence-corrected chi connectivity index (χ4v) is 2.58. The van der Waals surface area contributed by atoms with E-state index in [4.69, 9.17) is 4.74 Å². The Labute approximate surface area is 119 Å². The zero-order chi connectivity index (χ0) is 13.9. The number of benzene rings is 1. The van der Waals surface area contributed by atoms with Crippen molar-refractivity contribution in [1.29, 1.82) is 0 Å². The molecule has 0 atom stereocenters. The van der Waals surface area contributed by atoms with Gasteiger partial charge in [-0.2, -0.15) is 9.61 Å². The third kappa shape index (κ3) is 2.62. The van der Waals surface area contributed by atoms with E-state index in [9.17, 15) is 4.39 Å². The first-order chi connectivity index (χ1) is 9.76. The zero-order valence-electron chi connectivity index (χ0n) is 10.9. The lowest BCUT2D eigenvalue weighted by atomic mass is 10.3. The normalized spacial score (nSPS) is 11.1. The largest absolute Gasteiger partial charge is 0.486 e. The highest BCUT2D eigenvalue weighted by atomic mass is 32.1. The van der Waals surface area contributed by atoms with Gasteiger partial charge in [0.1, 0.15) is 18.2 Å². The van der Waals surface area contributed by atoms with Gasteiger partial charge < -0.3 is 4.74 Å². The van der Waals surface area contributed by atoms with Crippen LogP contribution in [0.1, 0.15) is 24.2 Å². The molecule has 0 spiro atoms. The zero-order valence-corrected chi connectivity index (χ0v) is 11.7. The van der Waals surface area contributed by atoms with E-state index in [1.54, 1.807) is 16.6 Å². The van der Waals surface area contributed by atoms with Crippen molar-refractivity contribution in [3.8, 4) is 5.75 Å². The molecule has 0 radical (unpaired) electrons. The lowest BCUT2D eigenvalue weighted by molar-refractivity contribution is 0.303. The minimum absolute atomic E-state index is 0.277. The highest BCUT2D eigenvalue weighted by Gasteiger charge is 2.11. The van der Waals surface area contributed by atoms with Gasteiger partial charge in [0.15, 0.2) is 10.8 Å². The summed E-state index contributed by atoms with van der Waals surface area (Å²) in [6.07, 6.45) is 1.85. The van der Waals surface area contributed by atoms with Gasteiger partial charge in [0.2, 0.25) is 4.96 Å². The number of ether oxygens (including phenoxy) is 1. The van der Waals surface area contributed by atoms with Crippen LogP contribution >= 0.6 is 11.3 Å². The Kier molecular flexibility index (Phi) is 3.60. The predicted molar refractivity (Wildman–Crippen MR) is 73.4 cm³/mol. The molecule has 0 saturated carbocycles. The molecule has 7 heteroatoms. The van der Waals surface area contributed by atoms with Crippen LogP contribution in [-0.4, -0.2) is 19.8 Å². The van der Waals surface area contributed by atoms with Gasteiger partial charge >= 0.3 is 0 Å². The predicted octanol–water partition coefficient (Wildman–Crippen LogP) is 2.86. The molecule has 3 rings (SSSR count). The number of aryl methyl sites for hydroxylation is 1. The molecule has 0 amide bonds. The fraction of sp³-hybridized carbons (Fsp3) is 0.308. The van der Waals surface area contributed by atoms with E-state index in [1.807, 2.05) is 0 Å². The molecular weight excluding hydrogens is 279 g/mol. The first-order valence-electron chi connectivity index (χ1n) is 6.34. The number of halogens is 1. The molecule has 3 aromatic rings. The van der Waals surface area contributed by atoms with E-state index in [0.29, 0.717) is 12.4 Å². The first-order valence-corrected chi connectivity index (χ1v) is 7.16. The maximum absolute atomic E-state index is 12.8. The molecule has 0 saturated heterocycles. The van der Waals surface area contributed by atoms with Crippen LogP contribution in [0, 0.1) is 5.82 Å². The average Bonchev–Trinajstić information content (AvgIpc) is 3.00. The highest BCUT2D eigenvalue weighted by molar-refractivity contribution is 7.16. The minimum Gasteiger partial charge on any atom is -0.486 e. The Bertz CT molecular complexity index is 707. The average molecular weight is 292 g/mol. The second-order valence-corrected chi connectivity index (χ2v) is 5.34. The van der Waals surface area contributed by atoms with Gasteiger partial charge in [0, 0.05) is 6.42 Å². The molecule has 20 heavy (non-hydrogen) atoms. The molecule has 0 bridgehead atoms. The van der Waals surface area contributed by atoms with E-state index in [0.717, 1.165) is 28.6 Å². The van der Waals surface area contributed by atoms with Crippen molar-refractivity contribution in [2.45, 2.75) is 26.4 Å².